The van der Waals surface area contributed by atoms with E-state index in [9.17, 15) is 9.90 Å². The van der Waals surface area contributed by atoms with Crippen LogP contribution in [0, 0.1) is 17.8 Å². The maximum atomic E-state index is 11.2. The van der Waals surface area contributed by atoms with Gasteiger partial charge in [0.1, 0.15) is 0 Å². The smallest absolute Gasteiger partial charge is 0.307 e. The predicted molar refractivity (Wildman–Crippen MR) is 72.5 cm³/mol. The second-order valence-corrected chi connectivity index (χ2v) is 6.43. The van der Waals surface area contributed by atoms with Gasteiger partial charge in [-0.2, -0.15) is 0 Å². The fourth-order valence-corrected chi connectivity index (χ4v) is 3.88. The number of carboxylic acids is 1. The monoisotopic (exact) mass is 253 g/mol. The van der Waals surface area contributed by atoms with Crippen molar-refractivity contribution in [1.82, 2.24) is 4.90 Å². The molecular weight excluding hydrogens is 226 g/mol. The molecule has 0 aromatic rings. The Morgan fingerprint density at radius 1 is 1.17 bits per heavy atom. The van der Waals surface area contributed by atoms with E-state index in [-0.39, 0.29) is 5.92 Å². The van der Waals surface area contributed by atoms with Gasteiger partial charge in [-0.05, 0) is 44.1 Å². The Morgan fingerprint density at radius 3 is 2.56 bits per heavy atom. The van der Waals surface area contributed by atoms with Crippen molar-refractivity contribution in [3.8, 4) is 0 Å². The van der Waals surface area contributed by atoms with Crippen molar-refractivity contribution in [2.24, 2.45) is 17.8 Å². The van der Waals surface area contributed by atoms with Gasteiger partial charge in [-0.15, -0.1) is 0 Å². The van der Waals surface area contributed by atoms with E-state index in [0.29, 0.717) is 6.04 Å². The summed E-state index contributed by atoms with van der Waals surface area (Å²) in [6.07, 6.45) is 7.20. The first-order valence-corrected chi connectivity index (χ1v) is 7.56. The number of piperidine rings is 1. The molecule has 1 saturated carbocycles. The Hall–Kier alpha value is -0.570. The molecule has 2 aliphatic rings. The van der Waals surface area contributed by atoms with Crippen molar-refractivity contribution in [2.45, 2.75) is 58.4 Å². The number of carbonyl (C=O) groups is 1. The van der Waals surface area contributed by atoms with E-state index < -0.39 is 5.97 Å². The van der Waals surface area contributed by atoms with E-state index in [1.165, 1.54) is 25.7 Å². The summed E-state index contributed by atoms with van der Waals surface area (Å²) in [7, 11) is 0. The van der Waals surface area contributed by atoms with E-state index >= 15 is 0 Å². The highest BCUT2D eigenvalue weighted by Crippen LogP contribution is 2.35. The van der Waals surface area contributed by atoms with Crippen LogP contribution in [-0.2, 0) is 4.79 Å². The lowest BCUT2D eigenvalue weighted by atomic mass is 9.76. The zero-order chi connectivity index (χ0) is 13.1. The van der Waals surface area contributed by atoms with Crippen LogP contribution in [0.25, 0.3) is 0 Å². The average molecular weight is 253 g/mol. The first-order valence-electron chi connectivity index (χ1n) is 7.56. The minimum Gasteiger partial charge on any atom is -0.481 e. The minimum atomic E-state index is -0.600. The summed E-state index contributed by atoms with van der Waals surface area (Å²) >= 11 is 0. The quantitative estimate of drug-likeness (QED) is 0.840. The van der Waals surface area contributed by atoms with Crippen LogP contribution in [-0.4, -0.2) is 35.1 Å². The number of rotatable bonds is 3. The summed E-state index contributed by atoms with van der Waals surface area (Å²) in [5, 5.41) is 9.20. The third-order valence-corrected chi connectivity index (χ3v) is 4.91. The predicted octanol–water partition coefficient (Wildman–Crippen LogP) is 3.00. The van der Waals surface area contributed by atoms with Crippen LogP contribution in [0.4, 0.5) is 0 Å². The molecule has 0 bridgehead atoms. The van der Waals surface area contributed by atoms with E-state index in [0.717, 1.165) is 37.8 Å². The van der Waals surface area contributed by atoms with Crippen LogP contribution in [0.5, 0.6) is 0 Å². The second kappa shape index (κ2) is 6.05. The maximum Gasteiger partial charge on any atom is 0.307 e. The van der Waals surface area contributed by atoms with Gasteiger partial charge in [0.05, 0.1) is 5.92 Å². The van der Waals surface area contributed by atoms with Crippen LogP contribution in [0.3, 0.4) is 0 Å². The molecule has 1 aliphatic carbocycles. The molecule has 18 heavy (non-hydrogen) atoms. The van der Waals surface area contributed by atoms with Gasteiger partial charge in [0.25, 0.3) is 0 Å². The van der Waals surface area contributed by atoms with E-state index in [4.69, 9.17) is 0 Å². The number of carboxylic acid groups (broad SMARTS) is 1. The molecule has 3 nitrogen and oxygen atoms in total. The first kappa shape index (κ1) is 13.9. The van der Waals surface area contributed by atoms with Gasteiger partial charge >= 0.3 is 5.97 Å². The zero-order valence-corrected chi connectivity index (χ0v) is 11.8. The Kier molecular flexibility index (Phi) is 4.66. The summed E-state index contributed by atoms with van der Waals surface area (Å²) in [6, 6.07) is 0.640. The average Bonchev–Trinajstić information content (AvgIpc) is 2.39. The number of aliphatic carboxylic acids is 1. The molecule has 3 unspecified atom stereocenters. The van der Waals surface area contributed by atoms with E-state index in [1.807, 2.05) is 0 Å². The van der Waals surface area contributed by atoms with Gasteiger partial charge in [0.2, 0.25) is 0 Å². The Morgan fingerprint density at radius 2 is 1.89 bits per heavy atom. The zero-order valence-electron chi connectivity index (χ0n) is 11.8. The number of hydrogen-bond donors (Lipinski definition) is 1. The molecule has 104 valence electrons. The van der Waals surface area contributed by atoms with Gasteiger partial charge < -0.3 is 5.11 Å². The maximum absolute atomic E-state index is 11.2. The third-order valence-electron chi connectivity index (χ3n) is 4.91. The fraction of sp³-hybridized carbons (Fsp3) is 0.933. The lowest BCUT2D eigenvalue weighted by molar-refractivity contribution is -0.144. The molecule has 0 aromatic carbocycles. The lowest BCUT2D eigenvalue weighted by Gasteiger charge is -2.44. The van der Waals surface area contributed by atoms with Crippen molar-refractivity contribution in [3.05, 3.63) is 0 Å². The number of hydrogen-bond acceptors (Lipinski definition) is 2. The minimum absolute atomic E-state index is 0.131. The van der Waals surface area contributed by atoms with Crippen LogP contribution in [0.1, 0.15) is 52.4 Å². The molecule has 0 spiro atoms. The molecule has 3 atom stereocenters. The molecule has 0 aromatic heterocycles. The largest absolute Gasteiger partial charge is 0.481 e. The van der Waals surface area contributed by atoms with E-state index in [1.54, 1.807) is 0 Å². The molecule has 3 heteroatoms. The van der Waals surface area contributed by atoms with Crippen LogP contribution in [0.15, 0.2) is 0 Å². The van der Waals surface area contributed by atoms with Crippen molar-refractivity contribution in [2.75, 3.05) is 13.1 Å². The standard InChI is InChI=1S/C15H27NO2/c1-11(2)13-7-3-4-8-14(13)16-9-5-6-12(10-16)15(17)18/h11-14H,3-10H2,1-2H3,(H,17,18). The van der Waals surface area contributed by atoms with Crippen molar-refractivity contribution in [3.63, 3.8) is 0 Å². The molecular formula is C15H27NO2. The van der Waals surface area contributed by atoms with Crippen LogP contribution in [0.2, 0.25) is 0 Å². The molecule has 1 heterocycles. The van der Waals surface area contributed by atoms with Crippen molar-refractivity contribution in [1.29, 1.82) is 0 Å². The Balaban J connectivity index is 2.01. The second-order valence-electron chi connectivity index (χ2n) is 6.43. The number of likely N-dealkylation sites (tertiary alicyclic amines) is 1. The van der Waals surface area contributed by atoms with Gasteiger partial charge in [-0.25, -0.2) is 0 Å². The number of nitrogens with zero attached hydrogens (tertiary/aromatic N) is 1. The molecule has 1 saturated heterocycles. The summed E-state index contributed by atoms with van der Waals surface area (Å²) in [6.45, 7) is 6.53. The Labute approximate surface area is 111 Å². The summed E-state index contributed by atoms with van der Waals surface area (Å²) in [5.41, 5.74) is 0. The van der Waals surface area contributed by atoms with Crippen molar-refractivity contribution >= 4 is 5.97 Å². The van der Waals surface area contributed by atoms with Crippen molar-refractivity contribution < 1.29 is 9.90 Å². The summed E-state index contributed by atoms with van der Waals surface area (Å²) in [5.74, 6) is 0.761. The highest BCUT2D eigenvalue weighted by Gasteiger charge is 2.35. The molecule has 1 N–H and O–H groups in total. The molecule has 2 fully saturated rings. The van der Waals surface area contributed by atoms with Gasteiger partial charge in [0, 0.05) is 12.6 Å². The topological polar surface area (TPSA) is 40.5 Å². The lowest BCUT2D eigenvalue weighted by Crippen LogP contribution is -2.49. The van der Waals surface area contributed by atoms with Gasteiger partial charge in [-0.1, -0.05) is 26.7 Å². The van der Waals surface area contributed by atoms with Crippen LogP contribution >= 0.6 is 0 Å². The third kappa shape index (κ3) is 3.05. The molecule has 0 radical (unpaired) electrons. The van der Waals surface area contributed by atoms with Crippen LogP contribution < -0.4 is 0 Å². The first-order chi connectivity index (χ1) is 8.59. The molecule has 2 rings (SSSR count). The van der Waals surface area contributed by atoms with Gasteiger partial charge in [0.15, 0.2) is 0 Å². The highest BCUT2D eigenvalue weighted by atomic mass is 16.4. The normalized spacial score (nSPS) is 34.7. The molecule has 0 amide bonds. The molecule has 1 aliphatic heterocycles. The highest BCUT2D eigenvalue weighted by molar-refractivity contribution is 5.70. The Bertz CT molecular complexity index is 290. The fourth-order valence-electron chi connectivity index (χ4n) is 3.88. The summed E-state index contributed by atoms with van der Waals surface area (Å²) in [4.78, 5) is 13.7. The SMILES string of the molecule is CC(C)C1CCCCC1N1CCCC(C(=O)O)C1. The summed E-state index contributed by atoms with van der Waals surface area (Å²) < 4.78 is 0. The van der Waals surface area contributed by atoms with E-state index in [2.05, 4.69) is 18.7 Å². The van der Waals surface area contributed by atoms with Gasteiger partial charge in [-0.3, -0.25) is 9.69 Å².